The van der Waals surface area contributed by atoms with Gasteiger partial charge in [0.1, 0.15) is 0 Å². The fraction of sp³-hybridized carbons (Fsp3) is 0.560. The molecule has 0 saturated carbocycles. The summed E-state index contributed by atoms with van der Waals surface area (Å²) in [5.74, 6) is 0.580. The Morgan fingerprint density at radius 2 is 1.46 bits per heavy atom. The van der Waals surface area contributed by atoms with Crippen LogP contribution in [0.15, 0.2) is 41.4 Å². The molecule has 0 unspecified atom stereocenters. The minimum absolute atomic E-state index is 0.0975. The topological polar surface area (TPSA) is 68.3 Å². The zero-order valence-corrected chi connectivity index (χ0v) is 24.7. The van der Waals surface area contributed by atoms with E-state index in [2.05, 4.69) is 30.5 Å². The van der Waals surface area contributed by atoms with Crippen LogP contribution in [-0.4, -0.2) is 38.8 Å². The number of sulfonamides is 1. The van der Waals surface area contributed by atoms with Crippen LogP contribution in [0.1, 0.15) is 64.9 Å². The molecule has 0 atom stereocenters. The predicted octanol–water partition coefficient (Wildman–Crippen LogP) is 6.86. The van der Waals surface area contributed by atoms with Crippen LogP contribution in [0.3, 0.4) is 0 Å². The van der Waals surface area contributed by atoms with Crippen LogP contribution in [0.25, 0.3) is 0 Å². The van der Waals surface area contributed by atoms with Crippen molar-refractivity contribution in [2.75, 3.05) is 7.05 Å². The van der Waals surface area contributed by atoms with Crippen molar-refractivity contribution < 1.29 is 26.3 Å². The van der Waals surface area contributed by atoms with Gasteiger partial charge in [-0.05, 0) is 0 Å². The number of nitrogens with one attached hydrogen (secondary N) is 1. The molecule has 35 heavy (non-hydrogen) atoms. The van der Waals surface area contributed by atoms with Gasteiger partial charge in [-0.25, -0.2) is 0 Å². The number of nitrogens with zero attached hydrogens (tertiary/aromatic N) is 1. The summed E-state index contributed by atoms with van der Waals surface area (Å²) in [6, 6.07) is 6.27. The standard InChI is InChI=1S/C13H10F3N2O3S.3C4H9.Sn/c1-17-22(19,20)11-6-7-12(18-8-11)21-10-4-2-9(3-5-10)13(14,15)16;3*1-3-4-2;/h2-6,8,17H,1H3;3*1,3-4H2,2H3;. The third kappa shape index (κ3) is 8.08. The third-order valence-electron chi connectivity index (χ3n) is 6.40. The molecule has 1 heterocycles. The molecule has 0 saturated heterocycles. The Morgan fingerprint density at radius 1 is 0.943 bits per heavy atom. The molecule has 2 rings (SSSR count). The van der Waals surface area contributed by atoms with E-state index in [4.69, 9.17) is 4.74 Å². The number of hydrogen-bond donors (Lipinski definition) is 1. The molecule has 0 fully saturated rings. The van der Waals surface area contributed by atoms with Crippen molar-refractivity contribution in [3.63, 3.8) is 0 Å². The zero-order valence-electron chi connectivity index (χ0n) is 21.0. The molecule has 10 heteroatoms. The van der Waals surface area contributed by atoms with Crippen molar-refractivity contribution >= 4 is 32.0 Å². The van der Waals surface area contributed by atoms with Crippen molar-refractivity contribution in [1.82, 2.24) is 9.71 Å². The molecule has 0 amide bonds. The number of benzene rings is 1. The molecule has 0 aliphatic heterocycles. The number of rotatable bonds is 14. The Kier molecular flexibility index (Phi) is 11.3. The molecule has 196 valence electrons. The van der Waals surface area contributed by atoms with Crippen LogP contribution in [0.5, 0.6) is 11.6 Å². The molecule has 2 aromatic rings. The maximum atomic E-state index is 13.0. The first-order valence-corrected chi connectivity index (χ1v) is 21.3. The van der Waals surface area contributed by atoms with Crippen LogP contribution >= 0.6 is 0 Å². The predicted molar refractivity (Wildman–Crippen MR) is 137 cm³/mol. The van der Waals surface area contributed by atoms with Crippen molar-refractivity contribution in [1.29, 1.82) is 0 Å². The number of pyridine rings is 1. The molecule has 1 N–H and O–H groups in total. The SMILES string of the molecule is CCC[CH2][Sn]([CH2]CCC)([CH2]CCC)[c]1cc(S(=O)(=O)NC)cnc1Oc1ccc(C(F)(F)F)cc1. The molecular formula is C25H37F3N2O3SSn. The van der Waals surface area contributed by atoms with Crippen molar-refractivity contribution in [2.24, 2.45) is 0 Å². The Hall–Kier alpha value is -1.33. The van der Waals surface area contributed by atoms with Crippen LogP contribution in [0.2, 0.25) is 13.3 Å². The summed E-state index contributed by atoms with van der Waals surface area (Å²) in [7, 11) is -2.35. The first kappa shape index (κ1) is 29.9. The summed E-state index contributed by atoms with van der Waals surface area (Å²) < 4.78 is 76.8. The van der Waals surface area contributed by atoms with E-state index in [0.717, 1.165) is 67.5 Å². The van der Waals surface area contributed by atoms with Gasteiger partial charge in [0.25, 0.3) is 0 Å². The summed E-state index contributed by atoms with van der Waals surface area (Å²) in [6.07, 6.45) is 3.09. The van der Waals surface area contributed by atoms with Crippen molar-refractivity contribution in [3.05, 3.63) is 42.1 Å². The third-order valence-corrected chi connectivity index (χ3v) is 23.3. The molecular weight excluding hydrogens is 584 g/mol. The van der Waals surface area contributed by atoms with E-state index in [0.29, 0.717) is 5.88 Å². The fourth-order valence-electron chi connectivity index (χ4n) is 4.31. The minimum atomic E-state index is -4.43. The van der Waals surface area contributed by atoms with Gasteiger partial charge >= 0.3 is 212 Å². The monoisotopic (exact) mass is 622 g/mol. The van der Waals surface area contributed by atoms with Gasteiger partial charge in [-0.15, -0.1) is 0 Å². The number of unbranched alkanes of at least 4 members (excludes halogenated alkanes) is 3. The molecule has 0 aliphatic carbocycles. The Morgan fingerprint density at radius 3 is 1.89 bits per heavy atom. The van der Waals surface area contributed by atoms with E-state index in [-0.39, 0.29) is 10.6 Å². The Labute approximate surface area is 211 Å². The van der Waals surface area contributed by atoms with E-state index in [1.807, 2.05) is 0 Å². The van der Waals surface area contributed by atoms with Gasteiger partial charge in [-0.1, -0.05) is 0 Å². The summed E-state index contributed by atoms with van der Waals surface area (Å²) >= 11 is -3.23. The fourth-order valence-corrected chi connectivity index (χ4v) is 21.5. The average Bonchev–Trinajstić information content (AvgIpc) is 2.84. The van der Waals surface area contributed by atoms with E-state index >= 15 is 0 Å². The number of alkyl halides is 3. The maximum absolute atomic E-state index is 13.0. The first-order chi connectivity index (χ1) is 16.5. The Bertz CT molecular complexity index is 1020. The van der Waals surface area contributed by atoms with Crippen LogP contribution in [-0.2, 0) is 16.2 Å². The second kappa shape index (κ2) is 13.3. The molecule has 0 aliphatic rings. The van der Waals surface area contributed by atoms with Crippen molar-refractivity contribution in [2.45, 2.75) is 83.7 Å². The van der Waals surface area contributed by atoms with Gasteiger partial charge in [0.05, 0.1) is 0 Å². The summed E-state index contributed by atoms with van der Waals surface area (Å²) in [6.45, 7) is 6.45. The van der Waals surface area contributed by atoms with E-state index < -0.39 is 40.1 Å². The molecule has 5 nitrogen and oxygen atoms in total. The quantitative estimate of drug-likeness (QED) is 0.234. The summed E-state index contributed by atoms with van der Waals surface area (Å²) in [5.41, 5.74) is -0.754. The van der Waals surface area contributed by atoms with Crippen LogP contribution in [0, 0.1) is 0 Å². The number of hydrogen-bond acceptors (Lipinski definition) is 4. The molecule has 1 aromatic heterocycles. The normalized spacial score (nSPS) is 12.7. The summed E-state index contributed by atoms with van der Waals surface area (Å²) in [4.78, 5) is 4.54. The van der Waals surface area contributed by atoms with Crippen molar-refractivity contribution in [3.8, 4) is 11.6 Å². The molecule has 0 bridgehead atoms. The Balaban J connectivity index is 2.66. The van der Waals surface area contributed by atoms with Gasteiger partial charge in [0, 0.05) is 0 Å². The second-order valence-electron chi connectivity index (χ2n) is 8.95. The second-order valence-corrected chi connectivity index (χ2v) is 24.0. The average molecular weight is 621 g/mol. The molecule has 0 radical (unpaired) electrons. The van der Waals surface area contributed by atoms with Crippen LogP contribution in [0.4, 0.5) is 13.2 Å². The van der Waals surface area contributed by atoms with Gasteiger partial charge in [0.15, 0.2) is 0 Å². The number of ether oxygens (including phenoxy) is 1. The first-order valence-electron chi connectivity index (χ1n) is 12.3. The summed E-state index contributed by atoms with van der Waals surface area (Å²) in [5, 5.41) is 0. The van der Waals surface area contributed by atoms with Gasteiger partial charge in [-0.3, -0.25) is 0 Å². The van der Waals surface area contributed by atoms with Gasteiger partial charge in [-0.2, -0.15) is 0 Å². The van der Waals surface area contributed by atoms with E-state index in [1.54, 1.807) is 6.07 Å². The molecule has 1 aromatic carbocycles. The number of aromatic nitrogens is 1. The number of halogens is 3. The van der Waals surface area contributed by atoms with E-state index in [9.17, 15) is 21.6 Å². The van der Waals surface area contributed by atoms with Gasteiger partial charge in [0.2, 0.25) is 0 Å². The zero-order chi connectivity index (χ0) is 26.1. The van der Waals surface area contributed by atoms with Gasteiger partial charge < -0.3 is 0 Å². The van der Waals surface area contributed by atoms with Crippen LogP contribution < -0.4 is 13.0 Å². The van der Waals surface area contributed by atoms with E-state index in [1.165, 1.54) is 25.4 Å². The molecule has 0 spiro atoms.